The molecule has 1 atom stereocenters. The van der Waals surface area contributed by atoms with Crippen LogP contribution in [-0.2, 0) is 16.5 Å². The van der Waals surface area contributed by atoms with Gasteiger partial charge in [-0.2, -0.15) is 5.10 Å². The van der Waals surface area contributed by atoms with E-state index in [4.69, 9.17) is 26.1 Å². The van der Waals surface area contributed by atoms with Crippen molar-refractivity contribution in [2.75, 3.05) is 44.9 Å². The molecule has 3 aromatic heterocycles. The first kappa shape index (κ1) is 21.2. The highest BCUT2D eigenvalue weighted by Gasteiger charge is 2.25. The Kier molecular flexibility index (Phi) is 6.10. The molecular formula is C19H25ClN6O3S. The Hall–Kier alpha value is -2.01. The van der Waals surface area contributed by atoms with Crippen molar-refractivity contribution in [3.8, 4) is 10.7 Å². The number of hydrogen-bond donors (Lipinski definition) is 0. The zero-order valence-corrected chi connectivity index (χ0v) is 19.1. The molecule has 3 aromatic rings. The van der Waals surface area contributed by atoms with Gasteiger partial charge in [0.2, 0.25) is 0 Å². The van der Waals surface area contributed by atoms with Gasteiger partial charge >= 0.3 is 0 Å². The maximum atomic E-state index is 13.3. The number of methoxy groups -OCH3 is 1. The number of ether oxygens (including phenoxy) is 2. The molecule has 0 aromatic carbocycles. The minimum Gasteiger partial charge on any atom is -0.382 e. The van der Waals surface area contributed by atoms with Gasteiger partial charge in [0.25, 0.3) is 5.56 Å². The van der Waals surface area contributed by atoms with Crippen molar-refractivity contribution in [3.63, 3.8) is 0 Å². The number of fused-ring (bicyclic) bond motifs is 1. The predicted molar refractivity (Wildman–Crippen MR) is 118 cm³/mol. The Bertz CT molecular complexity index is 1120. The first-order chi connectivity index (χ1) is 14.5. The molecule has 0 aliphatic carbocycles. The Morgan fingerprint density at radius 1 is 1.30 bits per heavy atom. The Labute approximate surface area is 183 Å². The molecule has 0 amide bonds. The van der Waals surface area contributed by atoms with E-state index in [-0.39, 0.29) is 11.6 Å². The largest absolute Gasteiger partial charge is 0.382 e. The standard InChI is InChI=1S/C19H25ClN6O3S/c1-5-12(10-28-4)26-14-13(11(2)23-26)21-17(24(3)18(14)27)15-16(20)22-19(30-15)25-6-8-29-9-7-25/h12H,5-10H2,1-4H3. The topological polar surface area (TPSA) is 87.3 Å². The molecule has 162 valence electrons. The summed E-state index contributed by atoms with van der Waals surface area (Å²) in [5.41, 5.74) is 1.60. The SMILES string of the molecule is CCC(COC)n1nc(C)c2nc(-c3sc(N4CCOCC4)nc3Cl)n(C)c(=O)c21. The van der Waals surface area contributed by atoms with Crippen LogP contribution in [0, 0.1) is 6.92 Å². The molecule has 1 unspecified atom stereocenters. The van der Waals surface area contributed by atoms with E-state index in [9.17, 15) is 4.79 Å². The highest BCUT2D eigenvalue weighted by Crippen LogP contribution is 2.37. The number of thiazole rings is 1. The molecule has 1 aliphatic rings. The summed E-state index contributed by atoms with van der Waals surface area (Å²) in [6.07, 6.45) is 0.790. The lowest BCUT2D eigenvalue weighted by Crippen LogP contribution is -2.36. The smallest absolute Gasteiger partial charge is 0.279 e. The van der Waals surface area contributed by atoms with Gasteiger partial charge in [-0.05, 0) is 13.3 Å². The number of rotatable bonds is 6. The van der Waals surface area contributed by atoms with Crippen LogP contribution in [0.15, 0.2) is 4.79 Å². The highest BCUT2D eigenvalue weighted by atomic mass is 35.5. The second-order valence-corrected chi connectivity index (χ2v) is 8.60. The lowest BCUT2D eigenvalue weighted by atomic mass is 10.2. The van der Waals surface area contributed by atoms with Crippen LogP contribution in [0.3, 0.4) is 0 Å². The van der Waals surface area contributed by atoms with E-state index in [1.54, 1.807) is 18.8 Å². The zero-order valence-electron chi connectivity index (χ0n) is 17.5. The van der Waals surface area contributed by atoms with Gasteiger partial charge in [0.05, 0.1) is 31.6 Å². The number of aryl methyl sites for hydroxylation is 1. The number of morpholine rings is 1. The van der Waals surface area contributed by atoms with Gasteiger partial charge in [-0.25, -0.2) is 9.97 Å². The van der Waals surface area contributed by atoms with Crippen molar-refractivity contribution in [2.24, 2.45) is 7.05 Å². The summed E-state index contributed by atoms with van der Waals surface area (Å²) in [6.45, 7) is 7.23. The fourth-order valence-corrected chi connectivity index (χ4v) is 5.01. The van der Waals surface area contributed by atoms with Crippen molar-refractivity contribution < 1.29 is 9.47 Å². The Balaban J connectivity index is 1.84. The molecule has 9 nitrogen and oxygen atoms in total. The molecule has 0 spiro atoms. The van der Waals surface area contributed by atoms with Crippen molar-refractivity contribution >= 4 is 39.1 Å². The van der Waals surface area contributed by atoms with E-state index in [0.29, 0.717) is 52.4 Å². The molecular weight excluding hydrogens is 428 g/mol. The maximum absolute atomic E-state index is 13.3. The van der Waals surface area contributed by atoms with Crippen LogP contribution in [-0.4, -0.2) is 64.3 Å². The molecule has 30 heavy (non-hydrogen) atoms. The molecule has 4 rings (SSSR count). The lowest BCUT2D eigenvalue weighted by Gasteiger charge is -2.25. The van der Waals surface area contributed by atoms with Gasteiger partial charge in [-0.3, -0.25) is 14.0 Å². The second-order valence-electron chi connectivity index (χ2n) is 7.26. The minimum atomic E-state index is -0.164. The Morgan fingerprint density at radius 3 is 2.70 bits per heavy atom. The van der Waals surface area contributed by atoms with Crippen molar-refractivity contribution in [1.82, 2.24) is 24.3 Å². The van der Waals surface area contributed by atoms with Gasteiger partial charge < -0.3 is 14.4 Å². The molecule has 0 N–H and O–H groups in total. The van der Waals surface area contributed by atoms with Crippen LogP contribution in [0.5, 0.6) is 0 Å². The molecule has 0 saturated carbocycles. The Morgan fingerprint density at radius 2 is 2.03 bits per heavy atom. The maximum Gasteiger partial charge on any atom is 0.279 e. The molecule has 0 bridgehead atoms. The summed E-state index contributed by atoms with van der Waals surface area (Å²) in [5, 5.41) is 5.77. The summed E-state index contributed by atoms with van der Waals surface area (Å²) < 4.78 is 14.0. The summed E-state index contributed by atoms with van der Waals surface area (Å²) in [5.74, 6) is 0.497. The molecule has 0 radical (unpaired) electrons. The highest BCUT2D eigenvalue weighted by molar-refractivity contribution is 7.19. The van der Waals surface area contributed by atoms with E-state index < -0.39 is 0 Å². The van der Waals surface area contributed by atoms with Crippen LogP contribution in [0.2, 0.25) is 5.15 Å². The van der Waals surface area contributed by atoms with Gasteiger partial charge in [-0.1, -0.05) is 29.9 Å². The number of nitrogens with zero attached hydrogens (tertiary/aromatic N) is 6. The summed E-state index contributed by atoms with van der Waals surface area (Å²) in [4.78, 5) is 25.5. The fourth-order valence-electron chi connectivity index (χ4n) is 3.65. The van der Waals surface area contributed by atoms with Crippen molar-refractivity contribution in [1.29, 1.82) is 0 Å². The average Bonchev–Trinajstić information content (AvgIpc) is 3.29. The summed E-state index contributed by atoms with van der Waals surface area (Å²) in [6, 6.07) is -0.0357. The third kappa shape index (κ3) is 3.62. The van der Waals surface area contributed by atoms with E-state index in [0.717, 1.165) is 24.6 Å². The first-order valence-corrected chi connectivity index (χ1v) is 11.1. The van der Waals surface area contributed by atoms with E-state index in [1.165, 1.54) is 15.9 Å². The predicted octanol–water partition coefficient (Wildman–Crippen LogP) is 2.65. The van der Waals surface area contributed by atoms with Crippen LogP contribution in [0.1, 0.15) is 25.1 Å². The van der Waals surface area contributed by atoms with Crippen molar-refractivity contribution in [2.45, 2.75) is 26.3 Å². The third-order valence-corrected chi connectivity index (χ3v) is 6.83. The van der Waals surface area contributed by atoms with Crippen molar-refractivity contribution in [3.05, 3.63) is 21.2 Å². The van der Waals surface area contributed by atoms with Crippen LogP contribution < -0.4 is 10.5 Å². The zero-order chi connectivity index (χ0) is 21.4. The van der Waals surface area contributed by atoms with Crippen LogP contribution >= 0.6 is 22.9 Å². The quantitative estimate of drug-likeness (QED) is 0.568. The second kappa shape index (κ2) is 8.62. The minimum absolute atomic E-state index is 0.0357. The van der Waals surface area contributed by atoms with E-state index in [1.807, 2.05) is 13.8 Å². The monoisotopic (exact) mass is 452 g/mol. The van der Waals surface area contributed by atoms with Crippen LogP contribution in [0.25, 0.3) is 21.7 Å². The number of aromatic nitrogens is 5. The number of hydrogen-bond acceptors (Lipinski definition) is 8. The lowest BCUT2D eigenvalue weighted by molar-refractivity contribution is 0.122. The normalized spacial score (nSPS) is 15.8. The molecule has 1 fully saturated rings. The van der Waals surface area contributed by atoms with Gasteiger partial charge in [-0.15, -0.1) is 0 Å². The van der Waals surface area contributed by atoms with Gasteiger partial charge in [0, 0.05) is 27.2 Å². The summed E-state index contributed by atoms with van der Waals surface area (Å²) in [7, 11) is 3.35. The number of halogens is 1. The summed E-state index contributed by atoms with van der Waals surface area (Å²) >= 11 is 7.92. The fraction of sp³-hybridized carbons (Fsp3) is 0.579. The first-order valence-electron chi connectivity index (χ1n) is 9.90. The average molecular weight is 453 g/mol. The van der Waals surface area contributed by atoms with E-state index >= 15 is 0 Å². The molecule has 11 heteroatoms. The molecule has 4 heterocycles. The molecule has 1 aliphatic heterocycles. The third-order valence-electron chi connectivity index (χ3n) is 5.33. The van der Waals surface area contributed by atoms with Crippen LogP contribution in [0.4, 0.5) is 5.13 Å². The molecule has 1 saturated heterocycles. The van der Waals surface area contributed by atoms with E-state index in [2.05, 4.69) is 15.0 Å². The number of anilines is 1. The van der Waals surface area contributed by atoms with Gasteiger partial charge in [0.15, 0.2) is 21.6 Å². The van der Waals surface area contributed by atoms with Gasteiger partial charge in [0.1, 0.15) is 10.4 Å².